The lowest BCUT2D eigenvalue weighted by Gasteiger charge is -2.06. The van der Waals surface area contributed by atoms with Gasteiger partial charge in [0.2, 0.25) is 9.47 Å². The van der Waals surface area contributed by atoms with Crippen LogP contribution < -0.4 is 14.8 Å². The molecule has 0 unspecified atom stereocenters. The summed E-state index contributed by atoms with van der Waals surface area (Å²) in [7, 11) is -3.84. The number of sulfonamides is 1. The van der Waals surface area contributed by atoms with Crippen molar-refractivity contribution in [2.24, 2.45) is 0 Å². The average Bonchev–Trinajstić information content (AvgIpc) is 3.16. The molecule has 8 nitrogen and oxygen atoms in total. The Morgan fingerprint density at radius 1 is 1.07 bits per heavy atom. The summed E-state index contributed by atoms with van der Waals surface area (Å²) in [6, 6.07) is 16.1. The first kappa shape index (κ1) is 19.9. The van der Waals surface area contributed by atoms with Gasteiger partial charge in [0.1, 0.15) is 12.4 Å². The Morgan fingerprint density at radius 3 is 2.50 bits per heavy atom. The summed E-state index contributed by atoms with van der Waals surface area (Å²) < 4.78 is 32.2. The molecule has 2 aromatic carbocycles. The smallest absolute Gasteiger partial charge is 0.269 e. The highest BCUT2D eigenvalue weighted by Crippen LogP contribution is 2.20. The Kier molecular flexibility index (Phi) is 6.34. The number of amides is 1. The first-order valence-corrected chi connectivity index (χ1v) is 10.6. The molecule has 0 atom stereocenters. The normalized spacial score (nSPS) is 11.2. The third-order valence-corrected chi connectivity index (χ3v) is 6.24. The Bertz CT molecular complexity index is 1030. The summed E-state index contributed by atoms with van der Waals surface area (Å²) in [6.07, 6.45) is 0. The molecular weight excluding hydrogens is 400 g/mol. The Morgan fingerprint density at radius 2 is 1.79 bits per heavy atom. The first-order valence-electron chi connectivity index (χ1n) is 8.33. The third kappa shape index (κ3) is 5.35. The maximum absolute atomic E-state index is 12.3. The average molecular weight is 419 g/mol. The quantitative estimate of drug-likeness (QED) is 0.429. The second-order valence-corrected chi connectivity index (χ2v) is 8.67. The molecule has 10 heteroatoms. The number of carbonyl (C=O) groups excluding carboxylic acids is 1. The molecule has 0 fully saturated rings. The van der Waals surface area contributed by atoms with Crippen LogP contribution in [0.15, 0.2) is 58.9 Å². The van der Waals surface area contributed by atoms with Crippen LogP contribution in [0.1, 0.15) is 15.9 Å². The minimum Gasteiger partial charge on any atom is -0.492 e. The molecule has 0 bridgehead atoms. The number of nitrogens with one attached hydrogen (secondary N) is 2. The molecule has 2 N–H and O–H groups in total. The van der Waals surface area contributed by atoms with E-state index in [1.165, 1.54) is 0 Å². The zero-order valence-corrected chi connectivity index (χ0v) is 16.6. The van der Waals surface area contributed by atoms with E-state index in [4.69, 9.17) is 4.74 Å². The van der Waals surface area contributed by atoms with E-state index in [9.17, 15) is 13.2 Å². The van der Waals surface area contributed by atoms with Gasteiger partial charge in [0.15, 0.2) is 0 Å². The van der Waals surface area contributed by atoms with Crippen LogP contribution in [-0.2, 0) is 10.0 Å². The van der Waals surface area contributed by atoms with Crippen molar-refractivity contribution in [1.29, 1.82) is 0 Å². The molecule has 146 valence electrons. The topological polar surface area (TPSA) is 110 Å². The molecule has 0 aliphatic carbocycles. The number of aryl methyl sites for hydroxylation is 1. The lowest BCUT2D eigenvalue weighted by molar-refractivity contribution is 0.102. The molecule has 0 saturated heterocycles. The van der Waals surface area contributed by atoms with E-state index in [2.05, 4.69) is 20.2 Å². The molecule has 3 rings (SSSR count). The Hall–Kier alpha value is -2.82. The number of hydrogen-bond acceptors (Lipinski definition) is 7. The van der Waals surface area contributed by atoms with Crippen LogP contribution >= 0.6 is 11.3 Å². The van der Waals surface area contributed by atoms with E-state index < -0.39 is 10.0 Å². The highest BCUT2D eigenvalue weighted by molar-refractivity contribution is 7.91. The zero-order valence-electron chi connectivity index (χ0n) is 15.0. The van der Waals surface area contributed by atoms with E-state index >= 15 is 0 Å². The van der Waals surface area contributed by atoms with Crippen molar-refractivity contribution in [3.05, 3.63) is 65.7 Å². The van der Waals surface area contributed by atoms with Crippen LogP contribution in [0, 0.1) is 6.92 Å². The van der Waals surface area contributed by atoms with E-state index in [1.54, 1.807) is 24.3 Å². The second kappa shape index (κ2) is 8.91. The van der Waals surface area contributed by atoms with Crippen molar-refractivity contribution >= 4 is 32.4 Å². The molecule has 0 spiro atoms. The van der Waals surface area contributed by atoms with Gasteiger partial charge in [-0.2, -0.15) is 0 Å². The number of rotatable bonds is 8. The number of carbonyl (C=O) groups is 1. The highest BCUT2D eigenvalue weighted by Gasteiger charge is 2.20. The molecule has 3 aromatic rings. The first-order chi connectivity index (χ1) is 13.4. The monoisotopic (exact) mass is 418 g/mol. The number of aromatic nitrogens is 2. The fourth-order valence-electron chi connectivity index (χ4n) is 2.17. The number of para-hydroxylation sites is 1. The van der Waals surface area contributed by atoms with Gasteiger partial charge in [-0.3, -0.25) is 10.1 Å². The fourth-order valence-corrected chi connectivity index (χ4v) is 4.12. The second-order valence-electron chi connectivity index (χ2n) is 5.75. The van der Waals surface area contributed by atoms with Crippen molar-refractivity contribution in [2.45, 2.75) is 11.3 Å². The van der Waals surface area contributed by atoms with Crippen LogP contribution in [0.2, 0.25) is 0 Å². The van der Waals surface area contributed by atoms with Gasteiger partial charge in [0.25, 0.3) is 15.9 Å². The summed E-state index contributed by atoms with van der Waals surface area (Å²) in [6.45, 7) is 2.16. The van der Waals surface area contributed by atoms with Crippen molar-refractivity contribution in [3.8, 4) is 5.75 Å². The van der Waals surface area contributed by atoms with Gasteiger partial charge < -0.3 is 4.74 Å². The lowest BCUT2D eigenvalue weighted by atomic mass is 10.1. The van der Waals surface area contributed by atoms with Crippen LogP contribution in [-0.4, -0.2) is 37.7 Å². The van der Waals surface area contributed by atoms with Crippen LogP contribution in [0.25, 0.3) is 0 Å². The lowest BCUT2D eigenvalue weighted by Crippen LogP contribution is -2.28. The van der Waals surface area contributed by atoms with Crippen molar-refractivity contribution in [2.75, 3.05) is 18.5 Å². The molecular formula is C18H18N4O4S2. The summed E-state index contributed by atoms with van der Waals surface area (Å²) in [5.41, 5.74) is 1.48. The summed E-state index contributed by atoms with van der Waals surface area (Å²) >= 11 is 0.775. The van der Waals surface area contributed by atoms with Crippen LogP contribution in [0.5, 0.6) is 5.75 Å². The SMILES string of the molecule is Cc1ccc(C(=O)Nc2nnc(S(=O)(=O)NCCOc3ccccc3)s2)cc1. The Labute approximate surface area is 166 Å². The van der Waals surface area contributed by atoms with E-state index in [0.29, 0.717) is 11.3 Å². The largest absolute Gasteiger partial charge is 0.492 e. The van der Waals surface area contributed by atoms with E-state index in [-0.39, 0.29) is 28.5 Å². The molecule has 0 aliphatic rings. The minimum atomic E-state index is -3.84. The summed E-state index contributed by atoms with van der Waals surface area (Å²) in [4.78, 5) is 12.2. The summed E-state index contributed by atoms with van der Waals surface area (Å²) in [5.74, 6) is 0.267. The van der Waals surface area contributed by atoms with Crippen molar-refractivity contribution in [3.63, 3.8) is 0 Å². The molecule has 1 aromatic heterocycles. The van der Waals surface area contributed by atoms with Crippen molar-refractivity contribution < 1.29 is 17.9 Å². The highest BCUT2D eigenvalue weighted by atomic mass is 32.2. The van der Waals surface area contributed by atoms with Crippen LogP contribution in [0.4, 0.5) is 5.13 Å². The maximum atomic E-state index is 12.3. The van der Waals surface area contributed by atoms with E-state index in [0.717, 1.165) is 16.9 Å². The number of hydrogen-bond donors (Lipinski definition) is 2. The molecule has 0 radical (unpaired) electrons. The fraction of sp³-hybridized carbons (Fsp3) is 0.167. The molecule has 0 aliphatic heterocycles. The third-order valence-electron chi connectivity index (χ3n) is 3.58. The van der Waals surface area contributed by atoms with Gasteiger partial charge in [0.05, 0.1) is 0 Å². The molecule has 1 amide bonds. The van der Waals surface area contributed by atoms with Gasteiger partial charge in [-0.25, -0.2) is 13.1 Å². The van der Waals surface area contributed by atoms with Crippen molar-refractivity contribution in [1.82, 2.24) is 14.9 Å². The summed E-state index contributed by atoms with van der Waals surface area (Å²) in [5, 5.41) is 10.0. The van der Waals surface area contributed by atoms with Gasteiger partial charge in [-0.1, -0.05) is 47.2 Å². The van der Waals surface area contributed by atoms with Crippen LogP contribution in [0.3, 0.4) is 0 Å². The standard InChI is InChI=1S/C18H18N4O4S2/c1-13-7-9-14(10-8-13)16(23)20-17-21-22-18(27-17)28(24,25)19-11-12-26-15-5-3-2-4-6-15/h2-10,19H,11-12H2,1H3,(H,20,21,23). The van der Waals surface area contributed by atoms with Gasteiger partial charge in [-0.05, 0) is 31.2 Å². The maximum Gasteiger partial charge on any atom is 0.269 e. The van der Waals surface area contributed by atoms with Gasteiger partial charge in [-0.15, -0.1) is 10.2 Å². The van der Waals surface area contributed by atoms with Gasteiger partial charge in [0, 0.05) is 12.1 Å². The minimum absolute atomic E-state index is 0.0713. The number of benzene rings is 2. The number of anilines is 1. The number of ether oxygens (including phenoxy) is 1. The molecule has 1 heterocycles. The predicted octanol–water partition coefficient (Wildman–Crippen LogP) is 2.46. The van der Waals surface area contributed by atoms with Gasteiger partial charge >= 0.3 is 0 Å². The zero-order chi connectivity index (χ0) is 20.0. The van der Waals surface area contributed by atoms with E-state index in [1.807, 2.05) is 37.3 Å². The molecule has 0 saturated carbocycles. The Balaban J connectivity index is 1.54. The predicted molar refractivity (Wildman–Crippen MR) is 106 cm³/mol. The molecule has 28 heavy (non-hydrogen) atoms. The number of nitrogens with zero attached hydrogens (tertiary/aromatic N) is 2.